The first-order chi connectivity index (χ1) is 11.9. The van der Waals surface area contributed by atoms with E-state index >= 15 is 0 Å². The molecular weight excluding hydrogens is 342 g/mol. The molecule has 130 valence electrons. The largest absolute Gasteiger partial charge is 0.476 e. The van der Waals surface area contributed by atoms with Crippen molar-refractivity contribution in [1.29, 1.82) is 0 Å². The predicted octanol–water partition coefficient (Wildman–Crippen LogP) is 3.27. The van der Waals surface area contributed by atoms with Gasteiger partial charge in [0.05, 0.1) is 11.4 Å². The normalized spacial score (nSPS) is 15.3. The molecule has 2 amide bonds. The summed E-state index contributed by atoms with van der Waals surface area (Å²) in [7, 11) is 0. The number of ether oxygens (including phenoxy) is 1. The number of carbonyl (C=O) groups excluding carboxylic acids is 2. The van der Waals surface area contributed by atoms with Gasteiger partial charge in [0.1, 0.15) is 5.75 Å². The maximum absolute atomic E-state index is 12.7. The lowest BCUT2D eigenvalue weighted by molar-refractivity contribution is -0.132. The highest BCUT2D eigenvalue weighted by atomic mass is 35.5. The van der Waals surface area contributed by atoms with Gasteiger partial charge < -0.3 is 15.0 Å². The van der Waals surface area contributed by atoms with Gasteiger partial charge in [-0.3, -0.25) is 9.59 Å². The summed E-state index contributed by atoms with van der Waals surface area (Å²) in [5.74, 6) is 0.200. The minimum atomic E-state index is -0.975. The Morgan fingerprint density at radius 1 is 1.28 bits per heavy atom. The highest BCUT2D eigenvalue weighted by molar-refractivity contribution is 6.32. The summed E-state index contributed by atoms with van der Waals surface area (Å²) < 4.78 is 5.76. The fourth-order valence-corrected chi connectivity index (χ4v) is 2.81. The van der Waals surface area contributed by atoms with Crippen LogP contribution in [0.5, 0.6) is 5.75 Å². The molecule has 6 nitrogen and oxygen atoms in total. The van der Waals surface area contributed by atoms with Crippen LogP contribution in [0, 0.1) is 0 Å². The third-order valence-electron chi connectivity index (χ3n) is 3.88. The molecule has 0 radical (unpaired) electrons. The van der Waals surface area contributed by atoms with Crippen LogP contribution in [0.4, 0.5) is 11.4 Å². The lowest BCUT2D eigenvalue weighted by Gasteiger charge is -2.38. The summed E-state index contributed by atoms with van der Waals surface area (Å²) in [5.41, 5.74) is 0.138. The van der Waals surface area contributed by atoms with Gasteiger partial charge >= 0.3 is 0 Å². The first-order valence-electron chi connectivity index (χ1n) is 7.89. The summed E-state index contributed by atoms with van der Waals surface area (Å²) >= 11 is 5.94. The average molecular weight is 360 g/mol. The molecule has 3 rings (SSSR count). The van der Waals surface area contributed by atoms with E-state index in [4.69, 9.17) is 16.3 Å². The number of hydrogen-bond donors (Lipinski definition) is 1. The number of nitrogens with one attached hydrogen (secondary N) is 1. The molecule has 7 heteroatoms. The van der Waals surface area contributed by atoms with E-state index < -0.39 is 5.60 Å². The first kappa shape index (κ1) is 17.2. The van der Waals surface area contributed by atoms with Crippen LogP contribution in [-0.2, 0) is 9.59 Å². The second kappa shape index (κ2) is 6.72. The molecule has 0 atom stereocenters. The van der Waals surface area contributed by atoms with Crippen LogP contribution < -0.4 is 15.0 Å². The second-order valence-corrected chi connectivity index (χ2v) is 6.53. The van der Waals surface area contributed by atoms with E-state index in [1.807, 2.05) is 18.2 Å². The number of para-hydroxylation sites is 2. The van der Waals surface area contributed by atoms with Crippen molar-refractivity contribution in [2.24, 2.45) is 0 Å². The number of hydrogen-bond acceptors (Lipinski definition) is 4. The van der Waals surface area contributed by atoms with Gasteiger partial charge in [-0.2, -0.15) is 0 Å². The standard InChI is InChI=1S/C18H18ClN3O3/c1-18(2)17(24)22(13-7-3-4-8-14(13)25-18)11-9-15(23)21-12-6-5-10-20-16(12)19/h3-8,10H,9,11H2,1-2H3,(H,21,23). The molecule has 0 fully saturated rings. The number of rotatable bonds is 4. The van der Waals surface area contributed by atoms with Gasteiger partial charge in [0.2, 0.25) is 5.91 Å². The van der Waals surface area contributed by atoms with Crippen molar-refractivity contribution in [1.82, 2.24) is 4.98 Å². The number of pyridine rings is 1. The lowest BCUT2D eigenvalue weighted by Crippen LogP contribution is -2.53. The van der Waals surface area contributed by atoms with Gasteiger partial charge in [0, 0.05) is 19.2 Å². The van der Waals surface area contributed by atoms with Crippen molar-refractivity contribution >= 4 is 34.8 Å². The topological polar surface area (TPSA) is 71.5 Å². The lowest BCUT2D eigenvalue weighted by atomic mass is 10.0. The van der Waals surface area contributed by atoms with Gasteiger partial charge in [-0.25, -0.2) is 4.98 Å². The van der Waals surface area contributed by atoms with E-state index in [9.17, 15) is 9.59 Å². The molecule has 0 saturated carbocycles. The Kier molecular flexibility index (Phi) is 4.63. The minimum absolute atomic E-state index is 0.126. The monoisotopic (exact) mass is 359 g/mol. The smallest absolute Gasteiger partial charge is 0.270 e. The fraction of sp³-hybridized carbons (Fsp3) is 0.278. The predicted molar refractivity (Wildman–Crippen MR) is 96.0 cm³/mol. The van der Waals surface area contributed by atoms with Gasteiger partial charge in [-0.1, -0.05) is 23.7 Å². The molecule has 2 aromatic rings. The van der Waals surface area contributed by atoms with Crippen LogP contribution in [-0.4, -0.2) is 28.9 Å². The Bertz CT molecular complexity index is 823. The van der Waals surface area contributed by atoms with Crippen molar-refractivity contribution in [2.45, 2.75) is 25.9 Å². The molecule has 0 aliphatic carbocycles. The van der Waals surface area contributed by atoms with Crippen LogP contribution in [0.25, 0.3) is 0 Å². The molecule has 0 bridgehead atoms. The van der Waals surface area contributed by atoms with Crippen LogP contribution in [0.3, 0.4) is 0 Å². The molecular formula is C18H18ClN3O3. The van der Waals surface area contributed by atoms with E-state index in [0.717, 1.165) is 0 Å². The summed E-state index contributed by atoms with van der Waals surface area (Å²) in [6, 6.07) is 10.7. The van der Waals surface area contributed by atoms with Crippen LogP contribution >= 0.6 is 11.6 Å². The summed E-state index contributed by atoms with van der Waals surface area (Å²) in [4.78, 5) is 30.4. The van der Waals surface area contributed by atoms with E-state index in [1.165, 1.54) is 0 Å². The molecule has 0 spiro atoms. The van der Waals surface area contributed by atoms with Crippen molar-refractivity contribution in [3.63, 3.8) is 0 Å². The third-order valence-corrected chi connectivity index (χ3v) is 4.18. The molecule has 1 aromatic carbocycles. The van der Waals surface area contributed by atoms with Crippen LogP contribution in [0.2, 0.25) is 5.15 Å². The number of fused-ring (bicyclic) bond motifs is 1. The molecule has 0 saturated heterocycles. The quantitative estimate of drug-likeness (QED) is 0.850. The molecule has 2 heterocycles. The Balaban J connectivity index is 1.73. The number of anilines is 2. The summed E-state index contributed by atoms with van der Waals surface area (Å²) in [5, 5.41) is 2.93. The SMILES string of the molecule is CC1(C)Oc2ccccc2N(CCC(=O)Nc2cccnc2Cl)C1=O. The highest BCUT2D eigenvalue weighted by Crippen LogP contribution is 2.37. The maximum atomic E-state index is 12.7. The number of amides is 2. The van der Waals surface area contributed by atoms with Crippen molar-refractivity contribution in [3.05, 3.63) is 47.7 Å². The average Bonchev–Trinajstić information content (AvgIpc) is 2.57. The van der Waals surface area contributed by atoms with Gasteiger partial charge in [0.15, 0.2) is 10.8 Å². The van der Waals surface area contributed by atoms with E-state index in [1.54, 1.807) is 43.1 Å². The maximum Gasteiger partial charge on any atom is 0.270 e. The Labute approximate surface area is 150 Å². The zero-order valence-electron chi connectivity index (χ0n) is 14.0. The molecule has 1 N–H and O–H groups in total. The van der Waals surface area contributed by atoms with E-state index in [-0.39, 0.29) is 29.9 Å². The van der Waals surface area contributed by atoms with Gasteiger partial charge in [0.25, 0.3) is 5.91 Å². The van der Waals surface area contributed by atoms with Gasteiger partial charge in [-0.15, -0.1) is 0 Å². The zero-order valence-corrected chi connectivity index (χ0v) is 14.7. The molecule has 1 aliphatic heterocycles. The molecule has 25 heavy (non-hydrogen) atoms. The Morgan fingerprint density at radius 2 is 2.04 bits per heavy atom. The number of benzene rings is 1. The molecule has 1 aliphatic rings. The highest BCUT2D eigenvalue weighted by Gasteiger charge is 2.40. The fourth-order valence-electron chi connectivity index (χ4n) is 2.65. The Morgan fingerprint density at radius 3 is 2.80 bits per heavy atom. The number of carbonyl (C=O) groups is 2. The second-order valence-electron chi connectivity index (χ2n) is 6.18. The van der Waals surface area contributed by atoms with Crippen molar-refractivity contribution < 1.29 is 14.3 Å². The Hall–Kier alpha value is -2.60. The molecule has 1 aromatic heterocycles. The number of nitrogens with zero attached hydrogens (tertiary/aromatic N) is 2. The first-order valence-corrected chi connectivity index (χ1v) is 8.26. The van der Waals surface area contributed by atoms with Crippen LogP contribution in [0.15, 0.2) is 42.6 Å². The van der Waals surface area contributed by atoms with Crippen molar-refractivity contribution in [2.75, 3.05) is 16.8 Å². The van der Waals surface area contributed by atoms with E-state index in [0.29, 0.717) is 17.1 Å². The van der Waals surface area contributed by atoms with E-state index in [2.05, 4.69) is 10.3 Å². The van der Waals surface area contributed by atoms with Crippen molar-refractivity contribution in [3.8, 4) is 5.75 Å². The number of aromatic nitrogens is 1. The minimum Gasteiger partial charge on any atom is -0.476 e. The third kappa shape index (κ3) is 3.58. The summed E-state index contributed by atoms with van der Waals surface area (Å²) in [6.07, 6.45) is 1.67. The summed E-state index contributed by atoms with van der Waals surface area (Å²) in [6.45, 7) is 3.67. The van der Waals surface area contributed by atoms with Crippen LogP contribution in [0.1, 0.15) is 20.3 Å². The zero-order chi connectivity index (χ0) is 18.0. The number of halogens is 1. The molecule has 0 unspecified atom stereocenters. The van der Waals surface area contributed by atoms with Gasteiger partial charge in [-0.05, 0) is 38.1 Å².